The monoisotopic (exact) mass is 400 g/mol. The fourth-order valence-corrected chi connectivity index (χ4v) is 4.30. The van der Waals surface area contributed by atoms with Crippen molar-refractivity contribution in [2.24, 2.45) is 0 Å². The number of hydrogen-bond acceptors (Lipinski definition) is 5. The number of nitro benzene ring substituents is 1. The predicted molar refractivity (Wildman–Crippen MR) is 106 cm³/mol. The zero-order valence-electron chi connectivity index (χ0n) is 14.1. The van der Waals surface area contributed by atoms with Gasteiger partial charge in [-0.05, 0) is 35.9 Å². The molecule has 3 rings (SSSR count). The minimum Gasteiger partial charge on any atom is -0.280 e. The maximum absolute atomic E-state index is 12.4. The SMILES string of the molecule is O=[N+]([O-])c1cccc(S(=O)(=O)Nc2ccc(CSc3ccccc3)cc2)c1. The third kappa shape index (κ3) is 5.08. The molecule has 0 aliphatic carbocycles. The second kappa shape index (κ2) is 8.24. The van der Waals surface area contributed by atoms with Crippen molar-refractivity contribution in [3.05, 3.63) is 94.5 Å². The first-order valence-electron chi connectivity index (χ1n) is 7.98. The molecule has 0 heterocycles. The van der Waals surface area contributed by atoms with Crippen LogP contribution >= 0.6 is 11.8 Å². The van der Waals surface area contributed by atoms with Gasteiger partial charge in [-0.15, -0.1) is 11.8 Å². The van der Waals surface area contributed by atoms with Crippen molar-refractivity contribution >= 4 is 33.2 Å². The van der Waals surface area contributed by atoms with E-state index in [2.05, 4.69) is 4.72 Å². The number of benzene rings is 3. The number of nitrogens with zero attached hydrogens (tertiary/aromatic N) is 1. The van der Waals surface area contributed by atoms with Gasteiger partial charge in [0.05, 0.1) is 9.82 Å². The molecule has 8 heteroatoms. The largest absolute Gasteiger partial charge is 0.280 e. The van der Waals surface area contributed by atoms with Crippen molar-refractivity contribution < 1.29 is 13.3 Å². The minimum absolute atomic E-state index is 0.152. The molecular weight excluding hydrogens is 384 g/mol. The molecule has 6 nitrogen and oxygen atoms in total. The Labute approximate surface area is 161 Å². The van der Waals surface area contributed by atoms with Crippen LogP contribution < -0.4 is 4.72 Å². The van der Waals surface area contributed by atoms with Crippen LogP contribution in [0.3, 0.4) is 0 Å². The van der Waals surface area contributed by atoms with Crippen LogP contribution in [-0.4, -0.2) is 13.3 Å². The van der Waals surface area contributed by atoms with Gasteiger partial charge in [0.25, 0.3) is 15.7 Å². The summed E-state index contributed by atoms with van der Waals surface area (Å²) in [5.41, 5.74) is 1.18. The molecular formula is C19H16N2O4S2. The average molecular weight is 400 g/mol. The maximum atomic E-state index is 12.4. The summed E-state index contributed by atoms with van der Waals surface area (Å²) >= 11 is 1.69. The summed E-state index contributed by atoms with van der Waals surface area (Å²) in [5.74, 6) is 0.766. The van der Waals surface area contributed by atoms with Crippen molar-refractivity contribution in [2.75, 3.05) is 4.72 Å². The fourth-order valence-electron chi connectivity index (χ4n) is 2.33. The van der Waals surface area contributed by atoms with Gasteiger partial charge in [-0.2, -0.15) is 0 Å². The number of rotatable bonds is 7. The first-order valence-corrected chi connectivity index (χ1v) is 10.4. The van der Waals surface area contributed by atoms with Crippen LogP contribution in [0.5, 0.6) is 0 Å². The van der Waals surface area contributed by atoms with E-state index in [1.807, 2.05) is 42.5 Å². The third-order valence-electron chi connectivity index (χ3n) is 3.69. The summed E-state index contributed by atoms with van der Waals surface area (Å²) < 4.78 is 27.3. The lowest BCUT2D eigenvalue weighted by molar-refractivity contribution is -0.385. The zero-order chi connectivity index (χ0) is 19.3. The number of nitrogens with one attached hydrogen (secondary N) is 1. The molecule has 0 saturated carbocycles. The number of hydrogen-bond donors (Lipinski definition) is 1. The first kappa shape index (κ1) is 18.9. The van der Waals surface area contributed by atoms with Gasteiger partial charge in [0.1, 0.15) is 0 Å². The van der Waals surface area contributed by atoms with Crippen molar-refractivity contribution in [1.29, 1.82) is 0 Å². The molecule has 0 aliphatic rings. The first-order chi connectivity index (χ1) is 12.9. The van der Waals surface area contributed by atoms with Crippen LogP contribution in [0.4, 0.5) is 11.4 Å². The minimum atomic E-state index is -3.90. The van der Waals surface area contributed by atoms with Gasteiger partial charge in [-0.3, -0.25) is 14.8 Å². The summed E-state index contributed by atoms with van der Waals surface area (Å²) in [6.07, 6.45) is 0. The van der Waals surface area contributed by atoms with E-state index >= 15 is 0 Å². The van der Waals surface area contributed by atoms with Crippen LogP contribution in [0.1, 0.15) is 5.56 Å². The second-order valence-corrected chi connectivity index (χ2v) is 8.39. The number of anilines is 1. The topological polar surface area (TPSA) is 89.3 Å². The molecule has 0 bridgehead atoms. The normalized spacial score (nSPS) is 11.1. The Balaban J connectivity index is 1.68. The average Bonchev–Trinajstić information content (AvgIpc) is 2.68. The highest BCUT2D eigenvalue weighted by Crippen LogP contribution is 2.24. The number of sulfonamides is 1. The Morgan fingerprint density at radius 2 is 1.63 bits per heavy atom. The third-order valence-corrected chi connectivity index (χ3v) is 6.16. The Hall–Kier alpha value is -2.84. The van der Waals surface area contributed by atoms with Gasteiger partial charge < -0.3 is 0 Å². The second-order valence-electron chi connectivity index (χ2n) is 5.66. The van der Waals surface area contributed by atoms with E-state index in [-0.39, 0.29) is 10.6 Å². The van der Waals surface area contributed by atoms with Gasteiger partial charge in [-0.1, -0.05) is 36.4 Å². The highest BCUT2D eigenvalue weighted by molar-refractivity contribution is 7.98. The molecule has 0 aliphatic heterocycles. The zero-order valence-corrected chi connectivity index (χ0v) is 15.7. The lowest BCUT2D eigenvalue weighted by atomic mass is 10.2. The van der Waals surface area contributed by atoms with E-state index in [1.54, 1.807) is 23.9 Å². The standard InChI is InChI=1S/C19H16N2O4S2/c22-21(23)17-5-4-8-19(13-17)27(24,25)20-16-11-9-15(10-12-16)14-26-18-6-2-1-3-7-18/h1-13,20H,14H2. The Kier molecular flexibility index (Phi) is 5.78. The number of thioether (sulfide) groups is 1. The van der Waals surface area contributed by atoms with E-state index in [0.29, 0.717) is 5.69 Å². The van der Waals surface area contributed by atoms with Crippen LogP contribution in [0.25, 0.3) is 0 Å². The van der Waals surface area contributed by atoms with E-state index < -0.39 is 14.9 Å². The summed E-state index contributed by atoms with van der Waals surface area (Å²) in [7, 11) is -3.90. The van der Waals surface area contributed by atoms with Crippen LogP contribution in [-0.2, 0) is 15.8 Å². The van der Waals surface area contributed by atoms with Crippen molar-refractivity contribution in [3.8, 4) is 0 Å². The van der Waals surface area contributed by atoms with Gasteiger partial charge in [0.2, 0.25) is 0 Å². The summed E-state index contributed by atoms with van der Waals surface area (Å²) in [6, 6.07) is 22.0. The molecule has 3 aromatic rings. The van der Waals surface area contributed by atoms with Crippen molar-refractivity contribution in [2.45, 2.75) is 15.5 Å². The van der Waals surface area contributed by atoms with Crippen molar-refractivity contribution in [1.82, 2.24) is 0 Å². The molecule has 0 fully saturated rings. The number of non-ortho nitro benzene ring substituents is 1. The van der Waals surface area contributed by atoms with Crippen LogP contribution in [0, 0.1) is 10.1 Å². The molecule has 0 unspecified atom stereocenters. The predicted octanol–water partition coefficient (Wildman–Crippen LogP) is 4.69. The number of nitro groups is 1. The van der Waals surface area contributed by atoms with Gasteiger partial charge in [-0.25, -0.2) is 8.42 Å². The molecule has 27 heavy (non-hydrogen) atoms. The van der Waals surface area contributed by atoms with E-state index in [4.69, 9.17) is 0 Å². The van der Waals surface area contributed by atoms with Crippen molar-refractivity contribution in [3.63, 3.8) is 0 Å². The summed E-state index contributed by atoms with van der Waals surface area (Å²) in [4.78, 5) is 11.2. The van der Waals surface area contributed by atoms with E-state index in [0.717, 1.165) is 22.3 Å². The molecule has 0 amide bonds. The molecule has 0 aromatic heterocycles. The summed E-state index contributed by atoms with van der Waals surface area (Å²) in [6.45, 7) is 0. The quantitative estimate of drug-likeness (QED) is 0.353. The molecule has 3 aromatic carbocycles. The van der Waals surface area contributed by atoms with E-state index in [1.165, 1.54) is 18.2 Å². The molecule has 138 valence electrons. The molecule has 0 atom stereocenters. The van der Waals surface area contributed by atoms with Gasteiger partial charge in [0, 0.05) is 28.5 Å². The highest BCUT2D eigenvalue weighted by Gasteiger charge is 2.17. The fraction of sp³-hybridized carbons (Fsp3) is 0.0526. The Bertz CT molecular complexity index is 1040. The molecule has 0 radical (unpaired) electrons. The lowest BCUT2D eigenvalue weighted by Gasteiger charge is -2.09. The highest BCUT2D eigenvalue weighted by atomic mass is 32.2. The molecule has 0 spiro atoms. The lowest BCUT2D eigenvalue weighted by Crippen LogP contribution is -2.13. The smallest absolute Gasteiger partial charge is 0.270 e. The van der Waals surface area contributed by atoms with Crippen LogP contribution in [0.15, 0.2) is 88.7 Å². The van der Waals surface area contributed by atoms with Gasteiger partial charge >= 0.3 is 0 Å². The molecule has 1 N–H and O–H groups in total. The van der Waals surface area contributed by atoms with E-state index in [9.17, 15) is 18.5 Å². The maximum Gasteiger partial charge on any atom is 0.270 e. The molecule has 0 saturated heterocycles. The van der Waals surface area contributed by atoms with Gasteiger partial charge in [0.15, 0.2) is 0 Å². The Morgan fingerprint density at radius 3 is 2.30 bits per heavy atom. The Morgan fingerprint density at radius 1 is 0.926 bits per heavy atom. The summed E-state index contributed by atoms with van der Waals surface area (Å²) in [5, 5.41) is 10.8. The van der Waals surface area contributed by atoms with Crippen LogP contribution in [0.2, 0.25) is 0 Å².